The number of nitrogens with one attached hydrogen (secondary N) is 2. The van der Waals surface area contributed by atoms with Crippen LogP contribution in [-0.2, 0) is 9.59 Å². The zero-order chi connectivity index (χ0) is 15.0. The highest BCUT2D eigenvalue weighted by Crippen LogP contribution is 2.01. The quantitative estimate of drug-likeness (QED) is 0.292. The van der Waals surface area contributed by atoms with E-state index in [9.17, 15) is 14.0 Å². The van der Waals surface area contributed by atoms with Gasteiger partial charge in [-0.1, -0.05) is 0 Å². The van der Waals surface area contributed by atoms with Crippen molar-refractivity contribution in [2.24, 2.45) is 0 Å². The number of halogens is 1. The minimum absolute atomic E-state index is 0.342. The van der Waals surface area contributed by atoms with Gasteiger partial charge in [-0.15, -0.1) is 0 Å². The van der Waals surface area contributed by atoms with Gasteiger partial charge in [-0.2, -0.15) is 0 Å². The van der Waals surface area contributed by atoms with Crippen molar-refractivity contribution in [3.05, 3.63) is 54.6 Å². The normalized spacial score (nSPS) is 10.9. The Morgan fingerprint density at radius 2 is 1.80 bits per heavy atom. The predicted octanol–water partition coefficient (Wildman–Crippen LogP) is 0.425. The van der Waals surface area contributed by atoms with Crippen LogP contribution in [-0.4, -0.2) is 24.3 Å². The molecule has 0 radical (unpaired) electrons. The Kier molecular flexibility index (Phi) is 5.99. The molecule has 1 rings (SSSR count). The summed E-state index contributed by atoms with van der Waals surface area (Å²) in [6.45, 7) is 0. The topological polar surface area (TPSA) is 86.6 Å². The molecule has 0 spiro atoms. The van der Waals surface area contributed by atoms with Crippen LogP contribution in [0.3, 0.4) is 0 Å². The lowest BCUT2D eigenvalue weighted by Crippen LogP contribution is -2.71. The lowest BCUT2D eigenvalue weighted by atomic mass is 10.1. The number of rotatable bonds is 7. The summed E-state index contributed by atoms with van der Waals surface area (Å²) in [5.74, 6) is -1.70. The Labute approximate surface area is 115 Å². The summed E-state index contributed by atoms with van der Waals surface area (Å²) in [5.41, 5.74) is 0.101. The van der Waals surface area contributed by atoms with Gasteiger partial charge in [-0.25, -0.2) is 4.39 Å². The van der Waals surface area contributed by atoms with Crippen molar-refractivity contribution in [1.29, 1.82) is 5.41 Å². The lowest BCUT2D eigenvalue weighted by molar-refractivity contribution is -0.496. The molecule has 0 aliphatic carbocycles. The Morgan fingerprint density at radius 1 is 1.20 bits per heavy atom. The Bertz CT molecular complexity index is 562. The van der Waals surface area contributed by atoms with E-state index in [1.807, 2.05) is 0 Å². The summed E-state index contributed by atoms with van der Waals surface area (Å²) in [6.07, 6.45) is 4.99. The van der Waals surface area contributed by atoms with Crippen molar-refractivity contribution in [1.82, 2.24) is 5.32 Å². The van der Waals surface area contributed by atoms with Crippen LogP contribution in [0.1, 0.15) is 0 Å². The van der Waals surface area contributed by atoms with Crippen LogP contribution >= 0.6 is 0 Å². The lowest BCUT2D eigenvalue weighted by Gasteiger charge is -1.95. The van der Waals surface area contributed by atoms with Gasteiger partial charge in [0.2, 0.25) is 11.6 Å². The molecule has 0 unspecified atom stereocenters. The molecule has 1 aromatic rings. The first-order valence-corrected chi connectivity index (χ1v) is 5.82. The number of benzene rings is 1. The van der Waals surface area contributed by atoms with E-state index >= 15 is 0 Å². The standard InChI is InChI=1S/C14H14FN3O2/c1-17-8-6-12(19)14(16)13(20)7-9-18-11-4-2-10(15)3-5-11/h2-9,16-18H,1H3/p+1/b8-6+,9-7-,16-14?. The molecule has 0 saturated heterocycles. The monoisotopic (exact) mass is 276 g/mol. The fourth-order valence-electron chi connectivity index (χ4n) is 1.27. The summed E-state index contributed by atoms with van der Waals surface area (Å²) >= 11 is 0. The molecule has 0 aliphatic heterocycles. The van der Waals surface area contributed by atoms with Crippen LogP contribution in [0.25, 0.3) is 0 Å². The van der Waals surface area contributed by atoms with Gasteiger partial charge < -0.3 is 5.32 Å². The minimum atomic E-state index is -0.686. The third-order valence-corrected chi connectivity index (χ3v) is 2.30. The van der Waals surface area contributed by atoms with Crippen LogP contribution < -0.4 is 10.6 Å². The summed E-state index contributed by atoms with van der Waals surface area (Å²) in [7, 11) is 1.60. The first kappa shape index (κ1) is 15.5. The second kappa shape index (κ2) is 7.75. The Hall–Kier alpha value is -2.60. The molecule has 0 bridgehead atoms. The Balaban J connectivity index is 2.55. The molecular weight excluding hydrogens is 261 g/mol. The number of hydrogen-bond donors (Lipinski definition) is 3. The van der Waals surface area contributed by atoms with E-state index in [1.54, 1.807) is 24.5 Å². The number of nitrogens with two attached hydrogens (primary N) is 1. The number of carbonyl (C=O) groups excluding carboxylic acids is 2. The first-order chi connectivity index (χ1) is 9.54. The number of allylic oxidation sites excluding steroid dienone is 2. The molecule has 0 amide bonds. The first-order valence-electron chi connectivity index (χ1n) is 5.82. The molecule has 0 atom stereocenters. The molecule has 20 heavy (non-hydrogen) atoms. The molecular formula is C14H15FN3O2+. The van der Waals surface area contributed by atoms with Gasteiger partial charge >= 0.3 is 0 Å². The average Bonchev–Trinajstić information content (AvgIpc) is 2.45. The largest absolute Gasteiger partial charge is 0.394 e. The third-order valence-electron chi connectivity index (χ3n) is 2.30. The van der Waals surface area contributed by atoms with Crippen molar-refractivity contribution < 1.29 is 19.3 Å². The molecule has 104 valence electrons. The SMILES string of the molecule is CN/C=C/C(=O)C(=N)C(=O)/C=C\[NH2+]c1ccc(F)cc1. The van der Waals surface area contributed by atoms with Crippen LogP contribution in [0.4, 0.5) is 10.1 Å². The maximum Gasteiger partial charge on any atom is 0.212 e. The molecule has 0 aliphatic rings. The number of ketones is 2. The smallest absolute Gasteiger partial charge is 0.212 e. The second-order valence-corrected chi connectivity index (χ2v) is 3.80. The molecule has 0 aromatic heterocycles. The number of carbonyl (C=O) groups is 2. The molecule has 0 heterocycles. The van der Waals surface area contributed by atoms with Crippen LogP contribution in [0, 0.1) is 11.2 Å². The summed E-state index contributed by atoms with van der Waals surface area (Å²) in [6, 6.07) is 5.71. The van der Waals surface area contributed by atoms with Crippen LogP contribution in [0.2, 0.25) is 0 Å². The van der Waals surface area contributed by atoms with E-state index in [0.717, 1.165) is 12.2 Å². The fraction of sp³-hybridized carbons (Fsp3) is 0.0714. The van der Waals surface area contributed by atoms with Gasteiger partial charge in [0, 0.05) is 37.5 Å². The fourth-order valence-corrected chi connectivity index (χ4v) is 1.27. The van der Waals surface area contributed by atoms with E-state index in [2.05, 4.69) is 5.32 Å². The van der Waals surface area contributed by atoms with Crippen molar-refractivity contribution >= 4 is 23.0 Å². The summed E-state index contributed by atoms with van der Waals surface area (Å²) in [5, 5.41) is 11.6. The van der Waals surface area contributed by atoms with Crippen molar-refractivity contribution in [2.45, 2.75) is 0 Å². The van der Waals surface area contributed by atoms with Crippen LogP contribution in [0.5, 0.6) is 0 Å². The molecule has 1 aromatic carbocycles. The highest BCUT2D eigenvalue weighted by atomic mass is 19.1. The number of quaternary nitrogens is 1. The number of hydrogen-bond acceptors (Lipinski definition) is 4. The molecule has 0 fully saturated rings. The third kappa shape index (κ3) is 4.95. The summed E-state index contributed by atoms with van der Waals surface area (Å²) < 4.78 is 12.7. The molecule has 5 nitrogen and oxygen atoms in total. The maximum atomic E-state index is 12.7. The highest BCUT2D eigenvalue weighted by Gasteiger charge is 2.13. The zero-order valence-corrected chi connectivity index (χ0v) is 10.9. The Morgan fingerprint density at radius 3 is 2.40 bits per heavy atom. The molecule has 6 heteroatoms. The van der Waals surface area contributed by atoms with Gasteiger partial charge in [-0.3, -0.25) is 20.3 Å². The van der Waals surface area contributed by atoms with E-state index in [1.165, 1.54) is 24.5 Å². The second-order valence-electron chi connectivity index (χ2n) is 3.80. The molecule has 4 N–H and O–H groups in total. The average molecular weight is 276 g/mol. The minimum Gasteiger partial charge on any atom is -0.394 e. The van der Waals surface area contributed by atoms with Gasteiger partial charge in [0.05, 0.1) is 0 Å². The van der Waals surface area contributed by atoms with Crippen LogP contribution in [0.15, 0.2) is 48.8 Å². The van der Waals surface area contributed by atoms with Gasteiger partial charge in [0.1, 0.15) is 23.4 Å². The van der Waals surface area contributed by atoms with E-state index in [-0.39, 0.29) is 5.82 Å². The van der Waals surface area contributed by atoms with Gasteiger partial charge in [-0.05, 0) is 12.1 Å². The van der Waals surface area contributed by atoms with E-state index in [4.69, 9.17) is 5.41 Å². The zero-order valence-electron chi connectivity index (χ0n) is 10.9. The van der Waals surface area contributed by atoms with E-state index < -0.39 is 17.3 Å². The maximum absolute atomic E-state index is 12.7. The molecule has 0 saturated carbocycles. The van der Waals surface area contributed by atoms with Crippen molar-refractivity contribution in [3.63, 3.8) is 0 Å². The van der Waals surface area contributed by atoms with E-state index in [0.29, 0.717) is 5.69 Å². The highest BCUT2D eigenvalue weighted by molar-refractivity contribution is 6.69. The van der Waals surface area contributed by atoms with Crippen molar-refractivity contribution in [3.8, 4) is 0 Å². The summed E-state index contributed by atoms with van der Waals surface area (Å²) in [4.78, 5) is 22.9. The van der Waals surface area contributed by atoms with Crippen molar-refractivity contribution in [2.75, 3.05) is 7.05 Å². The van der Waals surface area contributed by atoms with Gasteiger partial charge in [0.15, 0.2) is 0 Å². The predicted molar refractivity (Wildman–Crippen MR) is 73.1 cm³/mol. The van der Waals surface area contributed by atoms with Gasteiger partial charge in [0.25, 0.3) is 0 Å².